The Balaban J connectivity index is 1.95. The number of aromatic nitrogens is 3. The minimum Gasteiger partial charge on any atom is -0.360 e. The number of Topliss-reactive ketones (excluding diaryl/α,β-unsaturated/α-hetero) is 1. The highest BCUT2D eigenvalue weighted by atomic mass is 35.5. The molecule has 0 radical (unpaired) electrons. The summed E-state index contributed by atoms with van der Waals surface area (Å²) in [6.45, 7) is 0.577. The smallest absolute Gasteiger partial charge is 0.205 e. The van der Waals surface area contributed by atoms with E-state index in [4.69, 9.17) is 11.6 Å². The number of carbonyl (C=O) groups excluding carboxylic acids is 1. The van der Waals surface area contributed by atoms with E-state index in [2.05, 4.69) is 10.1 Å². The standard InChI is InChI=1S/C17H13ClN4O/c18-5-6-22-11-12(9-21-22)7-13(8-19)17(23)15-10-20-16-4-2-1-3-14(15)16/h1-4,7,9-11,20H,5-6H2/b13-7-. The van der Waals surface area contributed by atoms with Crippen molar-refractivity contribution in [3.8, 4) is 6.07 Å². The van der Waals surface area contributed by atoms with E-state index in [0.717, 1.165) is 10.9 Å². The Labute approximate surface area is 137 Å². The van der Waals surface area contributed by atoms with Crippen LogP contribution in [-0.2, 0) is 6.54 Å². The first-order chi connectivity index (χ1) is 11.2. The van der Waals surface area contributed by atoms with Gasteiger partial charge in [0.05, 0.1) is 12.7 Å². The van der Waals surface area contributed by atoms with Crippen LogP contribution in [-0.4, -0.2) is 26.4 Å². The SMILES string of the molecule is N#C/C(=C/c1cnn(CCCl)c1)C(=O)c1c[nH]c2ccccc12. The summed E-state index contributed by atoms with van der Waals surface area (Å²) >= 11 is 5.67. The lowest BCUT2D eigenvalue weighted by Gasteiger charge is -1.97. The Hall–Kier alpha value is -2.84. The summed E-state index contributed by atoms with van der Waals surface area (Å²) < 4.78 is 1.67. The summed E-state index contributed by atoms with van der Waals surface area (Å²) in [5, 5.41) is 14.3. The number of aryl methyl sites for hydroxylation is 1. The highest BCUT2D eigenvalue weighted by Crippen LogP contribution is 2.21. The van der Waals surface area contributed by atoms with E-state index in [9.17, 15) is 10.1 Å². The number of carbonyl (C=O) groups is 1. The molecule has 114 valence electrons. The fraction of sp³-hybridized carbons (Fsp3) is 0.118. The van der Waals surface area contributed by atoms with Crippen LogP contribution >= 0.6 is 11.6 Å². The molecule has 0 spiro atoms. The van der Waals surface area contributed by atoms with Crippen molar-refractivity contribution in [1.29, 1.82) is 5.26 Å². The van der Waals surface area contributed by atoms with E-state index in [1.165, 1.54) is 0 Å². The third kappa shape index (κ3) is 3.03. The van der Waals surface area contributed by atoms with Crippen LogP contribution in [0.15, 0.2) is 48.4 Å². The number of halogens is 1. The normalized spacial score (nSPS) is 11.6. The van der Waals surface area contributed by atoms with Gasteiger partial charge in [-0.25, -0.2) is 0 Å². The molecular formula is C17H13ClN4O. The number of benzene rings is 1. The van der Waals surface area contributed by atoms with Crippen molar-refractivity contribution in [2.75, 3.05) is 5.88 Å². The quantitative estimate of drug-likeness (QED) is 0.338. The van der Waals surface area contributed by atoms with E-state index in [0.29, 0.717) is 23.6 Å². The highest BCUT2D eigenvalue weighted by Gasteiger charge is 2.16. The molecule has 1 N–H and O–H groups in total. The topological polar surface area (TPSA) is 74.5 Å². The van der Waals surface area contributed by atoms with Crippen molar-refractivity contribution in [3.63, 3.8) is 0 Å². The molecule has 5 nitrogen and oxygen atoms in total. The molecule has 0 fully saturated rings. The summed E-state index contributed by atoms with van der Waals surface area (Å²) in [7, 11) is 0. The molecule has 0 saturated carbocycles. The minimum atomic E-state index is -0.310. The Morgan fingerprint density at radius 1 is 1.43 bits per heavy atom. The lowest BCUT2D eigenvalue weighted by atomic mass is 10.0. The Bertz CT molecular complexity index is 929. The first-order valence-corrected chi connectivity index (χ1v) is 7.57. The largest absolute Gasteiger partial charge is 0.360 e. The van der Waals surface area contributed by atoms with Crippen LogP contribution in [0.4, 0.5) is 0 Å². The van der Waals surface area contributed by atoms with E-state index in [1.54, 1.807) is 29.3 Å². The van der Waals surface area contributed by atoms with E-state index >= 15 is 0 Å². The number of aromatic amines is 1. The van der Waals surface area contributed by atoms with Crippen LogP contribution in [0.3, 0.4) is 0 Å². The van der Waals surface area contributed by atoms with Crippen molar-refractivity contribution >= 4 is 34.4 Å². The fourth-order valence-electron chi connectivity index (χ4n) is 2.38. The second-order valence-electron chi connectivity index (χ2n) is 4.97. The molecule has 2 heterocycles. The van der Waals surface area contributed by atoms with Crippen molar-refractivity contribution in [1.82, 2.24) is 14.8 Å². The number of alkyl halides is 1. The van der Waals surface area contributed by atoms with Crippen molar-refractivity contribution in [2.45, 2.75) is 6.54 Å². The van der Waals surface area contributed by atoms with Gasteiger partial charge in [-0.15, -0.1) is 11.6 Å². The number of H-pyrrole nitrogens is 1. The third-order valence-corrected chi connectivity index (χ3v) is 3.65. The van der Waals surface area contributed by atoms with Gasteiger partial charge < -0.3 is 4.98 Å². The van der Waals surface area contributed by atoms with Gasteiger partial charge in [0.2, 0.25) is 5.78 Å². The molecule has 6 heteroatoms. The second-order valence-corrected chi connectivity index (χ2v) is 5.35. The number of ketones is 1. The van der Waals surface area contributed by atoms with Gasteiger partial charge in [-0.05, 0) is 12.1 Å². The fourth-order valence-corrected chi connectivity index (χ4v) is 2.56. The number of para-hydroxylation sites is 1. The van der Waals surface area contributed by atoms with E-state index in [1.807, 2.05) is 30.3 Å². The Morgan fingerprint density at radius 3 is 3.04 bits per heavy atom. The number of rotatable bonds is 5. The predicted molar refractivity (Wildman–Crippen MR) is 89.2 cm³/mol. The molecule has 0 bridgehead atoms. The van der Waals surface area contributed by atoms with Gasteiger partial charge in [0.25, 0.3) is 0 Å². The number of hydrogen-bond donors (Lipinski definition) is 1. The lowest BCUT2D eigenvalue weighted by molar-refractivity contribution is 0.104. The zero-order chi connectivity index (χ0) is 16.2. The molecular weight excluding hydrogens is 312 g/mol. The average Bonchev–Trinajstić information content (AvgIpc) is 3.19. The molecule has 1 aromatic carbocycles. The van der Waals surface area contributed by atoms with Gasteiger partial charge in [0.1, 0.15) is 11.6 Å². The molecule has 0 unspecified atom stereocenters. The van der Waals surface area contributed by atoms with E-state index < -0.39 is 0 Å². The molecule has 3 rings (SSSR count). The van der Waals surface area contributed by atoms with Crippen LogP contribution in [0.5, 0.6) is 0 Å². The first-order valence-electron chi connectivity index (χ1n) is 7.04. The van der Waals surface area contributed by atoms with Gasteiger partial charge in [-0.2, -0.15) is 10.4 Å². The number of nitrogens with one attached hydrogen (secondary N) is 1. The molecule has 0 aliphatic heterocycles. The van der Waals surface area contributed by atoms with Crippen LogP contribution in [0.2, 0.25) is 0 Å². The van der Waals surface area contributed by atoms with Gasteiger partial charge in [-0.1, -0.05) is 18.2 Å². The summed E-state index contributed by atoms with van der Waals surface area (Å²) in [4.78, 5) is 15.7. The van der Waals surface area contributed by atoms with E-state index in [-0.39, 0.29) is 11.4 Å². The van der Waals surface area contributed by atoms with Crippen molar-refractivity contribution in [3.05, 3.63) is 59.6 Å². The van der Waals surface area contributed by atoms with Gasteiger partial charge in [0, 0.05) is 40.3 Å². The molecule has 0 saturated heterocycles. The van der Waals surface area contributed by atoms with Crippen LogP contribution < -0.4 is 0 Å². The summed E-state index contributed by atoms with van der Waals surface area (Å²) in [6.07, 6.45) is 6.53. The first kappa shape index (κ1) is 15.1. The predicted octanol–water partition coefficient (Wildman–Crippen LogP) is 3.39. The summed E-state index contributed by atoms with van der Waals surface area (Å²) in [5.41, 5.74) is 2.12. The van der Waals surface area contributed by atoms with Crippen molar-refractivity contribution in [2.24, 2.45) is 0 Å². The zero-order valence-corrected chi connectivity index (χ0v) is 12.9. The maximum atomic E-state index is 12.6. The third-order valence-electron chi connectivity index (χ3n) is 3.48. The minimum absolute atomic E-state index is 0.0696. The molecule has 3 aromatic rings. The Morgan fingerprint density at radius 2 is 2.26 bits per heavy atom. The van der Waals surface area contributed by atoms with Gasteiger partial charge in [0.15, 0.2) is 0 Å². The number of nitriles is 1. The number of nitrogens with zero attached hydrogens (tertiary/aromatic N) is 3. The number of fused-ring (bicyclic) bond motifs is 1. The maximum Gasteiger partial charge on any atom is 0.205 e. The number of hydrogen-bond acceptors (Lipinski definition) is 3. The number of allylic oxidation sites excluding steroid dienone is 1. The highest BCUT2D eigenvalue weighted by molar-refractivity contribution is 6.19. The average molecular weight is 325 g/mol. The van der Waals surface area contributed by atoms with Crippen LogP contribution in [0.1, 0.15) is 15.9 Å². The second kappa shape index (κ2) is 6.51. The Kier molecular flexibility index (Phi) is 4.26. The molecule has 0 aliphatic carbocycles. The maximum absolute atomic E-state index is 12.6. The van der Waals surface area contributed by atoms with Gasteiger partial charge >= 0.3 is 0 Å². The van der Waals surface area contributed by atoms with Gasteiger partial charge in [-0.3, -0.25) is 9.48 Å². The molecule has 2 aromatic heterocycles. The zero-order valence-electron chi connectivity index (χ0n) is 12.2. The molecule has 0 amide bonds. The monoisotopic (exact) mass is 324 g/mol. The lowest BCUT2D eigenvalue weighted by Crippen LogP contribution is -2.01. The van der Waals surface area contributed by atoms with Crippen LogP contribution in [0, 0.1) is 11.3 Å². The van der Waals surface area contributed by atoms with Crippen LogP contribution in [0.25, 0.3) is 17.0 Å². The van der Waals surface area contributed by atoms with Crippen molar-refractivity contribution < 1.29 is 4.79 Å². The molecule has 0 aliphatic rings. The summed E-state index contributed by atoms with van der Waals surface area (Å²) in [5.74, 6) is 0.138. The summed E-state index contributed by atoms with van der Waals surface area (Å²) in [6, 6.07) is 9.47. The molecule has 0 atom stereocenters. The molecule has 23 heavy (non-hydrogen) atoms.